The number of benzene rings is 1. The summed E-state index contributed by atoms with van der Waals surface area (Å²) in [5.74, 6) is -5.12. The maximum absolute atomic E-state index is 13.2. The number of alkyl halides is 8. The van der Waals surface area contributed by atoms with Crippen molar-refractivity contribution in [2.24, 2.45) is 0 Å². The lowest BCUT2D eigenvalue weighted by atomic mass is 10.1. The van der Waals surface area contributed by atoms with Crippen molar-refractivity contribution in [3.63, 3.8) is 0 Å². The van der Waals surface area contributed by atoms with Crippen LogP contribution >= 0.6 is 0 Å². The first-order chi connectivity index (χ1) is 10.8. The van der Waals surface area contributed by atoms with Gasteiger partial charge in [0.2, 0.25) is 0 Å². The Labute approximate surface area is 128 Å². The molecule has 10 heteroatoms. The number of nitrogens with zero attached hydrogens (tertiary/aromatic N) is 1. The van der Waals surface area contributed by atoms with Crippen LogP contribution in [0.4, 0.5) is 35.1 Å². The fourth-order valence-corrected chi connectivity index (χ4v) is 1.85. The van der Waals surface area contributed by atoms with Gasteiger partial charge in [-0.15, -0.1) is 0 Å². The summed E-state index contributed by atoms with van der Waals surface area (Å²) in [6.07, 6.45) is -10.1. The maximum atomic E-state index is 13.2. The Bertz CT molecular complexity index is 786. The van der Waals surface area contributed by atoms with Crippen LogP contribution in [0, 0.1) is 0 Å². The Balaban J connectivity index is 2.48. The molecule has 0 radical (unpaired) electrons. The van der Waals surface area contributed by atoms with Gasteiger partial charge < -0.3 is 0 Å². The summed E-state index contributed by atoms with van der Waals surface area (Å²) in [4.78, 5) is 11.6. The van der Waals surface area contributed by atoms with Crippen LogP contribution < -0.4 is 5.56 Å². The molecular formula is C14H7F8NO. The molecule has 0 N–H and O–H groups in total. The summed E-state index contributed by atoms with van der Waals surface area (Å²) < 4.78 is 101. The smallest absolute Gasteiger partial charge is 0.284 e. The van der Waals surface area contributed by atoms with E-state index in [1.807, 2.05) is 0 Å². The van der Waals surface area contributed by atoms with Crippen molar-refractivity contribution < 1.29 is 35.1 Å². The predicted octanol–water partition coefficient (Wildman–Crippen LogP) is 4.51. The molecule has 0 aliphatic rings. The minimum atomic E-state index is -5.82. The van der Waals surface area contributed by atoms with Crippen molar-refractivity contribution in [2.75, 3.05) is 0 Å². The first-order valence-corrected chi connectivity index (χ1v) is 6.19. The highest BCUT2D eigenvalue weighted by Crippen LogP contribution is 2.43. The third-order valence-electron chi connectivity index (χ3n) is 3.10. The molecule has 0 amide bonds. The number of aromatic nitrogens is 1. The zero-order chi connectivity index (χ0) is 18.3. The summed E-state index contributed by atoms with van der Waals surface area (Å²) in [5, 5.41) is 0. The molecule has 0 aliphatic heterocycles. The van der Waals surface area contributed by atoms with Crippen LogP contribution in [0.5, 0.6) is 0 Å². The fourth-order valence-electron chi connectivity index (χ4n) is 1.85. The highest BCUT2D eigenvalue weighted by Gasteiger charge is 2.58. The molecule has 0 atom stereocenters. The Hall–Kier alpha value is -2.39. The molecular weight excluding hydrogens is 350 g/mol. The van der Waals surface area contributed by atoms with Crippen LogP contribution in [-0.2, 0) is 12.1 Å². The van der Waals surface area contributed by atoms with E-state index in [1.165, 1.54) is 0 Å². The van der Waals surface area contributed by atoms with Gasteiger partial charge in [-0.05, 0) is 18.2 Å². The molecule has 0 saturated heterocycles. The molecule has 0 saturated carbocycles. The lowest BCUT2D eigenvalue weighted by Gasteiger charge is -2.20. The van der Waals surface area contributed by atoms with Gasteiger partial charge in [0.05, 0.1) is 5.56 Å². The van der Waals surface area contributed by atoms with Gasteiger partial charge in [0.25, 0.3) is 5.56 Å². The molecule has 1 aromatic heterocycles. The first kappa shape index (κ1) is 18.0. The second-order valence-electron chi connectivity index (χ2n) is 4.74. The second-order valence-corrected chi connectivity index (χ2v) is 4.74. The summed E-state index contributed by atoms with van der Waals surface area (Å²) in [5.41, 5.74) is -3.75. The van der Waals surface area contributed by atoms with E-state index in [-0.39, 0.29) is 5.69 Å². The number of hydrogen-bond acceptors (Lipinski definition) is 1. The molecule has 0 fully saturated rings. The Kier molecular flexibility index (Phi) is 4.19. The van der Waals surface area contributed by atoms with E-state index in [9.17, 15) is 39.9 Å². The molecule has 24 heavy (non-hydrogen) atoms. The maximum Gasteiger partial charge on any atom is 0.458 e. The van der Waals surface area contributed by atoms with Crippen molar-refractivity contribution in [3.8, 4) is 5.69 Å². The monoisotopic (exact) mass is 357 g/mol. The molecule has 2 rings (SSSR count). The van der Waals surface area contributed by atoms with Gasteiger partial charge in [-0.1, -0.05) is 12.1 Å². The normalized spacial score (nSPS) is 13.2. The van der Waals surface area contributed by atoms with Crippen LogP contribution in [0.2, 0.25) is 0 Å². The van der Waals surface area contributed by atoms with E-state index in [1.54, 1.807) is 0 Å². The molecule has 130 valence electrons. The van der Waals surface area contributed by atoms with Gasteiger partial charge in [0.15, 0.2) is 0 Å². The van der Waals surface area contributed by atoms with Crippen LogP contribution in [0.15, 0.2) is 47.4 Å². The van der Waals surface area contributed by atoms with Gasteiger partial charge in [0, 0.05) is 23.5 Å². The van der Waals surface area contributed by atoms with Crippen molar-refractivity contribution >= 4 is 0 Å². The minimum absolute atomic E-state index is 0.284. The van der Waals surface area contributed by atoms with Crippen LogP contribution in [-0.4, -0.2) is 10.7 Å². The average Bonchev–Trinajstić information content (AvgIpc) is 2.45. The van der Waals surface area contributed by atoms with Crippen molar-refractivity contribution in [1.29, 1.82) is 0 Å². The largest absolute Gasteiger partial charge is 0.458 e. The minimum Gasteiger partial charge on any atom is -0.284 e. The second kappa shape index (κ2) is 5.60. The van der Waals surface area contributed by atoms with Crippen LogP contribution in [0.25, 0.3) is 5.69 Å². The summed E-state index contributed by atoms with van der Waals surface area (Å²) in [6, 6.07) is 3.35. The molecule has 0 unspecified atom stereocenters. The predicted molar refractivity (Wildman–Crippen MR) is 67.0 cm³/mol. The molecule has 1 heterocycles. The van der Waals surface area contributed by atoms with Gasteiger partial charge in [-0.3, -0.25) is 9.36 Å². The third kappa shape index (κ3) is 3.26. The van der Waals surface area contributed by atoms with Gasteiger partial charge in [0.1, 0.15) is 0 Å². The number of pyridine rings is 1. The first-order valence-electron chi connectivity index (χ1n) is 6.19. The van der Waals surface area contributed by atoms with Crippen molar-refractivity contribution in [2.45, 2.75) is 18.3 Å². The average molecular weight is 357 g/mol. The lowest BCUT2D eigenvalue weighted by molar-refractivity contribution is -0.289. The lowest BCUT2D eigenvalue weighted by Crippen LogP contribution is -2.33. The number of halogens is 8. The quantitative estimate of drug-likeness (QED) is 0.725. The zero-order valence-electron chi connectivity index (χ0n) is 11.4. The van der Waals surface area contributed by atoms with Gasteiger partial charge >= 0.3 is 18.3 Å². The molecule has 0 aliphatic carbocycles. The zero-order valence-corrected chi connectivity index (χ0v) is 11.4. The molecule has 1 aromatic carbocycles. The Morgan fingerprint density at radius 1 is 0.708 bits per heavy atom. The van der Waals surface area contributed by atoms with Crippen molar-refractivity contribution in [3.05, 3.63) is 64.1 Å². The molecule has 0 bridgehead atoms. The van der Waals surface area contributed by atoms with E-state index in [0.29, 0.717) is 47.2 Å². The SMILES string of the molecule is O=c1ccc(C(F)(F)F)cn1-c1ccc(C(F)(F)C(F)(F)F)cc1. The van der Waals surface area contributed by atoms with E-state index in [2.05, 4.69) is 0 Å². The summed E-state index contributed by atoms with van der Waals surface area (Å²) >= 11 is 0. The number of rotatable bonds is 2. The Morgan fingerprint density at radius 3 is 1.67 bits per heavy atom. The van der Waals surface area contributed by atoms with Crippen LogP contribution in [0.3, 0.4) is 0 Å². The highest BCUT2D eigenvalue weighted by molar-refractivity contribution is 5.37. The highest BCUT2D eigenvalue weighted by atomic mass is 19.4. The number of hydrogen-bond donors (Lipinski definition) is 0. The topological polar surface area (TPSA) is 22.0 Å². The molecule has 2 aromatic rings. The van der Waals surface area contributed by atoms with E-state index in [0.717, 1.165) is 0 Å². The van der Waals surface area contributed by atoms with E-state index in [4.69, 9.17) is 0 Å². The van der Waals surface area contributed by atoms with Crippen LogP contribution in [0.1, 0.15) is 11.1 Å². The molecule has 2 nitrogen and oxygen atoms in total. The fraction of sp³-hybridized carbons (Fsp3) is 0.214. The Morgan fingerprint density at radius 2 is 1.21 bits per heavy atom. The van der Waals surface area contributed by atoms with Crippen molar-refractivity contribution in [1.82, 2.24) is 4.57 Å². The standard InChI is InChI=1S/C14H7F8NO/c15-12(16,14(20,21)22)8-1-4-10(5-2-8)23-7-9(13(17,18)19)3-6-11(23)24/h1-7H. The van der Waals surface area contributed by atoms with Gasteiger partial charge in [-0.25, -0.2) is 0 Å². The summed E-state index contributed by atoms with van der Waals surface area (Å²) in [6.45, 7) is 0. The van der Waals surface area contributed by atoms with E-state index >= 15 is 0 Å². The summed E-state index contributed by atoms with van der Waals surface area (Å²) in [7, 11) is 0. The molecule has 0 spiro atoms. The third-order valence-corrected chi connectivity index (χ3v) is 3.10. The van der Waals surface area contributed by atoms with Gasteiger partial charge in [-0.2, -0.15) is 35.1 Å². The van der Waals surface area contributed by atoms with E-state index < -0.39 is 35.0 Å².